The van der Waals surface area contributed by atoms with E-state index >= 15 is 0 Å². The van der Waals surface area contributed by atoms with Crippen molar-refractivity contribution in [3.63, 3.8) is 0 Å². The zero-order chi connectivity index (χ0) is 24.4. The summed E-state index contributed by atoms with van der Waals surface area (Å²) in [6.45, 7) is 4.21. The molecule has 3 aromatic rings. The highest BCUT2D eigenvalue weighted by molar-refractivity contribution is 7.76. The summed E-state index contributed by atoms with van der Waals surface area (Å²) in [5.74, 6) is 3.33. The lowest BCUT2D eigenvalue weighted by molar-refractivity contribution is 0.303. The SMILES string of the molecule is C[C@H]1C[C@@H]1CNc1cc(-c2nnc([C@H]3NCCC[C@H]3c3ccccc3)o2)cc(CN(C)S(=O)O)n1. The molecule has 0 spiro atoms. The number of aromatic nitrogens is 3. The Labute approximate surface area is 208 Å². The molecule has 1 saturated carbocycles. The Bertz CT molecular complexity index is 1170. The first-order chi connectivity index (χ1) is 17.0. The molecule has 1 saturated heterocycles. The molecule has 2 aromatic heterocycles. The fraction of sp³-hybridized carbons (Fsp3) is 0.480. The molecule has 5 atom stereocenters. The van der Waals surface area contributed by atoms with E-state index in [0.29, 0.717) is 29.2 Å². The summed E-state index contributed by atoms with van der Waals surface area (Å²) >= 11 is -2.08. The predicted molar refractivity (Wildman–Crippen MR) is 135 cm³/mol. The molecule has 0 radical (unpaired) electrons. The molecule has 10 heteroatoms. The van der Waals surface area contributed by atoms with Gasteiger partial charge >= 0.3 is 0 Å². The minimum atomic E-state index is -2.08. The van der Waals surface area contributed by atoms with Gasteiger partial charge in [0.2, 0.25) is 23.0 Å². The number of nitrogens with zero attached hydrogens (tertiary/aromatic N) is 4. The van der Waals surface area contributed by atoms with Gasteiger partial charge in [-0.3, -0.25) is 4.55 Å². The number of pyridine rings is 1. The quantitative estimate of drug-likeness (QED) is 0.381. The summed E-state index contributed by atoms with van der Waals surface area (Å²) in [7, 11) is 1.58. The molecule has 5 rings (SSSR count). The number of benzene rings is 1. The maximum absolute atomic E-state index is 11.5. The van der Waals surface area contributed by atoms with Gasteiger partial charge < -0.3 is 15.1 Å². The Morgan fingerprint density at radius 1 is 1.26 bits per heavy atom. The fourth-order valence-corrected chi connectivity index (χ4v) is 5.01. The summed E-state index contributed by atoms with van der Waals surface area (Å²) < 4.78 is 28.4. The summed E-state index contributed by atoms with van der Waals surface area (Å²) in [5.41, 5.74) is 2.65. The van der Waals surface area contributed by atoms with Crippen molar-refractivity contribution in [1.29, 1.82) is 0 Å². The van der Waals surface area contributed by atoms with Crippen LogP contribution in [-0.4, -0.2) is 48.4 Å². The molecule has 186 valence electrons. The van der Waals surface area contributed by atoms with Crippen molar-refractivity contribution in [2.24, 2.45) is 11.8 Å². The molecule has 35 heavy (non-hydrogen) atoms. The van der Waals surface area contributed by atoms with Gasteiger partial charge in [0.15, 0.2) is 0 Å². The Morgan fingerprint density at radius 2 is 2.06 bits per heavy atom. The number of rotatable bonds is 9. The second-order valence-electron chi connectivity index (χ2n) is 9.64. The second kappa shape index (κ2) is 10.5. The topological polar surface area (TPSA) is 116 Å². The van der Waals surface area contributed by atoms with Crippen molar-refractivity contribution >= 4 is 17.1 Å². The van der Waals surface area contributed by atoms with Crippen LogP contribution in [0.1, 0.15) is 55.3 Å². The van der Waals surface area contributed by atoms with E-state index in [4.69, 9.17) is 4.42 Å². The van der Waals surface area contributed by atoms with E-state index in [9.17, 15) is 8.76 Å². The van der Waals surface area contributed by atoms with Crippen LogP contribution in [0.25, 0.3) is 11.5 Å². The molecule has 0 bridgehead atoms. The number of anilines is 1. The first kappa shape index (κ1) is 24.1. The average molecular weight is 497 g/mol. The third-order valence-corrected chi connectivity index (χ3v) is 7.65. The first-order valence-corrected chi connectivity index (χ1v) is 13.2. The summed E-state index contributed by atoms with van der Waals surface area (Å²) in [6.07, 6.45) is 3.37. The molecule has 1 aliphatic heterocycles. The molecule has 9 nitrogen and oxygen atoms in total. The van der Waals surface area contributed by atoms with E-state index in [-0.39, 0.29) is 18.5 Å². The van der Waals surface area contributed by atoms with Crippen LogP contribution < -0.4 is 10.6 Å². The van der Waals surface area contributed by atoms with Crippen LogP contribution in [0.5, 0.6) is 0 Å². The van der Waals surface area contributed by atoms with Gasteiger partial charge in [0.05, 0.1) is 18.3 Å². The van der Waals surface area contributed by atoms with Gasteiger partial charge in [-0.05, 0) is 55.3 Å². The van der Waals surface area contributed by atoms with Crippen LogP contribution >= 0.6 is 0 Å². The van der Waals surface area contributed by atoms with E-state index in [1.165, 1.54) is 16.3 Å². The lowest BCUT2D eigenvalue weighted by Crippen LogP contribution is -2.33. The number of hydrogen-bond acceptors (Lipinski definition) is 7. The zero-order valence-electron chi connectivity index (χ0n) is 20.1. The van der Waals surface area contributed by atoms with E-state index in [1.54, 1.807) is 7.05 Å². The fourth-order valence-electron chi connectivity index (χ4n) is 4.77. The van der Waals surface area contributed by atoms with E-state index < -0.39 is 11.3 Å². The molecule has 2 aliphatic rings. The average Bonchev–Trinajstić information content (AvgIpc) is 3.36. The molecule has 1 aromatic carbocycles. The van der Waals surface area contributed by atoms with Crippen molar-refractivity contribution in [3.05, 3.63) is 59.6 Å². The van der Waals surface area contributed by atoms with E-state index in [1.807, 2.05) is 18.2 Å². The van der Waals surface area contributed by atoms with Crippen molar-refractivity contribution < 1.29 is 13.2 Å². The molecule has 1 unspecified atom stereocenters. The van der Waals surface area contributed by atoms with Gasteiger partial charge in [-0.25, -0.2) is 9.19 Å². The van der Waals surface area contributed by atoms with Gasteiger partial charge in [0.1, 0.15) is 5.82 Å². The highest BCUT2D eigenvalue weighted by Crippen LogP contribution is 2.39. The Kier molecular flexibility index (Phi) is 7.24. The van der Waals surface area contributed by atoms with Crippen LogP contribution in [-0.2, 0) is 17.8 Å². The molecular formula is C25H32N6O3S. The van der Waals surface area contributed by atoms with Crippen LogP contribution in [0.15, 0.2) is 46.9 Å². The third kappa shape index (κ3) is 5.78. The standard InChI is InChI=1S/C25H32N6O3S/c1-16-11-19(16)14-27-22-13-18(12-20(28-22)15-31(2)35(32)33)24-29-30-25(34-24)23-21(9-6-10-26-23)17-7-4-3-5-8-17/h3-5,7-8,12-13,16,19,21,23,26H,6,9-11,14-15H2,1-2H3,(H,27,28)(H,32,33)/t16-,19+,21-,23-/m0/s1. The second-order valence-corrected chi connectivity index (χ2v) is 10.7. The van der Waals surface area contributed by atoms with Gasteiger partial charge in [0.25, 0.3) is 0 Å². The van der Waals surface area contributed by atoms with E-state index in [0.717, 1.165) is 37.4 Å². The number of hydrogen-bond donors (Lipinski definition) is 3. The van der Waals surface area contributed by atoms with E-state index in [2.05, 4.69) is 57.0 Å². The molecular weight excluding hydrogens is 464 g/mol. The summed E-state index contributed by atoms with van der Waals surface area (Å²) in [6, 6.07) is 14.2. The van der Waals surface area contributed by atoms with Crippen LogP contribution in [0.2, 0.25) is 0 Å². The van der Waals surface area contributed by atoms with Crippen molar-refractivity contribution in [1.82, 2.24) is 24.8 Å². The maximum atomic E-state index is 11.5. The predicted octanol–water partition coefficient (Wildman–Crippen LogP) is 3.98. The Hall–Kier alpha value is -2.66. The first-order valence-electron chi connectivity index (χ1n) is 12.2. The highest BCUT2D eigenvalue weighted by atomic mass is 32.2. The number of nitrogens with one attached hydrogen (secondary N) is 2. The lowest BCUT2D eigenvalue weighted by Gasteiger charge is -2.30. The van der Waals surface area contributed by atoms with Gasteiger partial charge in [-0.2, -0.15) is 4.31 Å². The van der Waals surface area contributed by atoms with Gasteiger partial charge in [0, 0.05) is 25.1 Å². The van der Waals surface area contributed by atoms with Gasteiger partial charge in [-0.15, -0.1) is 10.2 Å². The summed E-state index contributed by atoms with van der Waals surface area (Å²) in [4.78, 5) is 4.65. The molecule has 3 heterocycles. The maximum Gasteiger partial charge on any atom is 0.248 e. The Balaban J connectivity index is 1.41. The zero-order valence-corrected chi connectivity index (χ0v) is 20.9. The molecule has 1 aliphatic carbocycles. The third-order valence-electron chi connectivity index (χ3n) is 6.99. The van der Waals surface area contributed by atoms with Crippen LogP contribution in [0, 0.1) is 11.8 Å². The smallest absolute Gasteiger partial charge is 0.248 e. The number of piperidine rings is 1. The minimum absolute atomic E-state index is 0.0504. The van der Waals surface area contributed by atoms with Crippen LogP contribution in [0.4, 0.5) is 5.82 Å². The minimum Gasteiger partial charge on any atom is -0.419 e. The monoisotopic (exact) mass is 496 g/mol. The summed E-state index contributed by atoms with van der Waals surface area (Å²) in [5, 5.41) is 15.8. The molecule has 0 amide bonds. The highest BCUT2D eigenvalue weighted by Gasteiger charge is 2.33. The largest absolute Gasteiger partial charge is 0.419 e. The van der Waals surface area contributed by atoms with Crippen molar-refractivity contribution in [3.8, 4) is 11.5 Å². The van der Waals surface area contributed by atoms with Crippen LogP contribution in [0.3, 0.4) is 0 Å². The van der Waals surface area contributed by atoms with Gasteiger partial charge in [-0.1, -0.05) is 37.3 Å². The van der Waals surface area contributed by atoms with Crippen molar-refractivity contribution in [2.45, 2.75) is 44.7 Å². The molecule has 2 fully saturated rings. The Morgan fingerprint density at radius 3 is 2.80 bits per heavy atom. The van der Waals surface area contributed by atoms with Crippen molar-refractivity contribution in [2.75, 3.05) is 25.5 Å². The molecule has 3 N–H and O–H groups in total. The normalized spacial score (nSPS) is 24.9. The lowest BCUT2D eigenvalue weighted by atomic mass is 9.85.